The Kier molecular flexibility index (Phi) is 9.39. The predicted octanol–water partition coefficient (Wildman–Crippen LogP) is 3.77. The molecule has 1 saturated heterocycles. The third-order valence-electron chi connectivity index (χ3n) is 9.00. The Labute approximate surface area is 240 Å². The summed E-state index contributed by atoms with van der Waals surface area (Å²) in [5, 5.41) is 3.17. The Balaban J connectivity index is 1.45. The second-order valence-corrected chi connectivity index (χ2v) is 17.7. The summed E-state index contributed by atoms with van der Waals surface area (Å²) >= 11 is 10.3. The molecule has 0 bridgehead atoms. The molecule has 7 atom stereocenters. The van der Waals surface area contributed by atoms with Crippen molar-refractivity contribution in [1.29, 1.82) is 0 Å². The third kappa shape index (κ3) is 7.07. The van der Waals surface area contributed by atoms with Crippen LogP contribution < -0.4 is 0 Å². The Morgan fingerprint density at radius 3 is 2.39 bits per heavy atom. The van der Waals surface area contributed by atoms with Gasteiger partial charge in [0.15, 0.2) is 6.04 Å². The zero-order chi connectivity index (χ0) is 27.1. The van der Waals surface area contributed by atoms with Gasteiger partial charge in [0.05, 0.1) is 30.5 Å². The number of halogens is 1. The van der Waals surface area contributed by atoms with Crippen LogP contribution in [0.25, 0.3) is 0 Å². The second kappa shape index (κ2) is 12.1. The van der Waals surface area contributed by atoms with Crippen molar-refractivity contribution in [3.8, 4) is 0 Å². The van der Waals surface area contributed by atoms with Crippen molar-refractivity contribution in [3.05, 3.63) is 11.1 Å². The van der Waals surface area contributed by atoms with Crippen molar-refractivity contribution < 1.29 is 30.5 Å². The van der Waals surface area contributed by atoms with E-state index in [-0.39, 0.29) is 29.3 Å². The Bertz CT molecular complexity index is 1160. The molecule has 0 aromatic carbocycles. The first kappa shape index (κ1) is 29.5. The van der Waals surface area contributed by atoms with E-state index in [9.17, 15) is 25.9 Å². The van der Waals surface area contributed by atoms with Gasteiger partial charge in [-0.25, -0.2) is 21.4 Å². The molecular weight excluding hydrogens is 588 g/mol. The summed E-state index contributed by atoms with van der Waals surface area (Å²) in [7, 11) is -8.54. The summed E-state index contributed by atoms with van der Waals surface area (Å²) in [6.45, 7) is 1.04. The lowest BCUT2D eigenvalue weighted by atomic mass is 9.68. The molecule has 2 aliphatic heterocycles. The number of fused-ring (bicyclic) bond motifs is 4. The van der Waals surface area contributed by atoms with E-state index < -0.39 is 20.2 Å². The zero-order valence-electron chi connectivity index (χ0n) is 21.6. The Morgan fingerprint density at radius 2 is 1.63 bits per heavy atom. The fourth-order valence-electron chi connectivity index (χ4n) is 7.42. The molecule has 8 nitrogen and oxygen atoms in total. The van der Waals surface area contributed by atoms with Gasteiger partial charge in [0.2, 0.25) is 5.04 Å². The molecule has 13 heteroatoms. The van der Waals surface area contributed by atoms with Gasteiger partial charge in [-0.15, -0.1) is 23.4 Å². The lowest BCUT2D eigenvalue weighted by molar-refractivity contribution is -0.572. The molecule has 0 aromatic rings. The predicted molar refractivity (Wildman–Crippen MR) is 152 cm³/mol. The van der Waals surface area contributed by atoms with E-state index in [0.29, 0.717) is 42.0 Å². The van der Waals surface area contributed by atoms with Crippen molar-refractivity contribution in [2.45, 2.75) is 98.6 Å². The summed E-state index contributed by atoms with van der Waals surface area (Å²) in [5.74, 6) is 0.592. The van der Waals surface area contributed by atoms with Crippen LogP contribution in [0.4, 0.5) is 0 Å². The van der Waals surface area contributed by atoms with Gasteiger partial charge in [-0.2, -0.15) is 0 Å². The molecule has 5 rings (SSSR count). The zero-order valence-corrected chi connectivity index (χ0v) is 25.6. The smallest absolute Gasteiger partial charge is 0.238 e. The van der Waals surface area contributed by atoms with Crippen LogP contribution in [0.2, 0.25) is 0 Å². The van der Waals surface area contributed by atoms with Crippen LogP contribution in [-0.2, 0) is 20.2 Å². The number of alkyl halides is 1. The first-order valence-electron chi connectivity index (χ1n) is 13.9. The minimum atomic E-state index is -4.27. The summed E-state index contributed by atoms with van der Waals surface area (Å²) in [4.78, 5) is 2.27. The molecule has 7 unspecified atom stereocenters. The van der Waals surface area contributed by atoms with Crippen LogP contribution in [-0.4, -0.2) is 93.0 Å². The van der Waals surface area contributed by atoms with Gasteiger partial charge in [-0.1, -0.05) is 12.8 Å². The van der Waals surface area contributed by atoms with Gasteiger partial charge in [0, 0.05) is 53.1 Å². The van der Waals surface area contributed by atoms with E-state index in [1.807, 2.05) is 23.5 Å². The SMILES string of the molecule is O=S(=O)([O-])CCCN1C(=CC2=[N+](CCCS(=O)(=O)[O-])C3C(CCC4CCCCC43)S2)SC2CCC(Cl)CC21. The maximum Gasteiger partial charge on any atom is 0.238 e. The van der Waals surface area contributed by atoms with Gasteiger partial charge in [0.1, 0.15) is 6.54 Å². The van der Waals surface area contributed by atoms with Crippen molar-refractivity contribution in [1.82, 2.24) is 4.90 Å². The summed E-state index contributed by atoms with van der Waals surface area (Å²) in [5.41, 5.74) is 0. The topological polar surface area (TPSA) is 121 Å². The van der Waals surface area contributed by atoms with Crippen LogP contribution in [0.3, 0.4) is 0 Å². The first-order chi connectivity index (χ1) is 18.0. The highest BCUT2D eigenvalue weighted by atomic mass is 35.5. The average Bonchev–Trinajstić information content (AvgIpc) is 3.35. The van der Waals surface area contributed by atoms with Crippen LogP contribution in [0.15, 0.2) is 11.1 Å². The number of hydrogen-bond acceptors (Lipinski definition) is 9. The van der Waals surface area contributed by atoms with E-state index in [4.69, 9.17) is 11.6 Å². The van der Waals surface area contributed by atoms with Crippen LogP contribution in [0.1, 0.15) is 70.6 Å². The monoisotopic (exact) mass is 625 g/mol. The second-order valence-electron chi connectivity index (χ2n) is 11.5. The van der Waals surface area contributed by atoms with Crippen molar-refractivity contribution in [3.63, 3.8) is 0 Å². The first-order valence-corrected chi connectivity index (χ1v) is 19.3. The summed E-state index contributed by atoms with van der Waals surface area (Å²) < 4.78 is 70.4. The van der Waals surface area contributed by atoms with Crippen LogP contribution in [0, 0.1) is 11.8 Å². The third-order valence-corrected chi connectivity index (χ3v) is 13.8. The quantitative estimate of drug-likeness (QED) is 0.214. The molecular formula is C25H38ClN2O6S4-. The van der Waals surface area contributed by atoms with Crippen molar-refractivity contribution in [2.24, 2.45) is 11.8 Å². The van der Waals surface area contributed by atoms with E-state index in [0.717, 1.165) is 41.7 Å². The molecule has 0 spiro atoms. The fourth-order valence-corrected chi connectivity index (χ4v) is 11.9. The van der Waals surface area contributed by atoms with E-state index in [1.165, 1.54) is 32.1 Å². The molecule has 5 aliphatic rings. The number of thioether (sulfide) groups is 2. The Hall–Kier alpha value is 0.0200. The highest BCUT2D eigenvalue weighted by molar-refractivity contribution is 8.15. The van der Waals surface area contributed by atoms with Gasteiger partial charge in [-0.3, -0.25) is 0 Å². The lowest BCUT2D eigenvalue weighted by Gasteiger charge is -2.40. The van der Waals surface area contributed by atoms with Crippen molar-refractivity contribution in [2.75, 3.05) is 24.6 Å². The standard InChI is InChI=1S/C25H39ClN2O6S4/c26-18-8-10-21-20(15-18)27(11-3-13-37(29,30)31)23(35-21)16-24-28(12-4-14-38(32,33)34)25-19-6-2-1-5-17(19)7-9-22(25)36-24/h16-22,25H,1-15H2,(H-,29,30,31,32,33,34)/p-1. The molecule has 3 saturated carbocycles. The highest BCUT2D eigenvalue weighted by Gasteiger charge is 2.52. The minimum absolute atomic E-state index is 0.0899. The molecule has 0 aromatic heterocycles. The normalized spacial score (nSPS) is 36.9. The molecule has 4 fully saturated rings. The van der Waals surface area contributed by atoms with Gasteiger partial charge in [0.25, 0.3) is 0 Å². The molecule has 0 N–H and O–H groups in total. The molecule has 38 heavy (non-hydrogen) atoms. The number of hydrogen-bond donors (Lipinski definition) is 0. The van der Waals surface area contributed by atoms with Crippen LogP contribution in [0.5, 0.6) is 0 Å². The maximum absolute atomic E-state index is 11.4. The van der Waals surface area contributed by atoms with Gasteiger partial charge < -0.3 is 14.0 Å². The average molecular weight is 626 g/mol. The van der Waals surface area contributed by atoms with Crippen LogP contribution >= 0.6 is 35.1 Å². The minimum Gasteiger partial charge on any atom is -0.748 e. The lowest BCUT2D eigenvalue weighted by Crippen LogP contribution is -2.46. The molecule has 216 valence electrons. The molecule has 3 aliphatic carbocycles. The molecule has 0 amide bonds. The van der Waals surface area contributed by atoms with E-state index in [2.05, 4.69) is 15.6 Å². The number of rotatable bonds is 9. The van der Waals surface area contributed by atoms with E-state index >= 15 is 0 Å². The Morgan fingerprint density at radius 1 is 0.921 bits per heavy atom. The van der Waals surface area contributed by atoms with Crippen molar-refractivity contribution >= 4 is 60.4 Å². The molecule has 2 heterocycles. The van der Waals surface area contributed by atoms with E-state index in [1.54, 1.807) is 0 Å². The highest BCUT2D eigenvalue weighted by Crippen LogP contribution is 2.50. The molecule has 0 radical (unpaired) electrons. The summed E-state index contributed by atoms with van der Waals surface area (Å²) in [6, 6.07) is 0.577. The fraction of sp³-hybridized carbons (Fsp3) is 0.880. The van der Waals surface area contributed by atoms with Gasteiger partial charge >= 0.3 is 0 Å². The maximum atomic E-state index is 11.4. The summed E-state index contributed by atoms with van der Waals surface area (Å²) in [6.07, 6.45) is 13.0. The largest absolute Gasteiger partial charge is 0.748 e. The van der Waals surface area contributed by atoms with Gasteiger partial charge in [-0.05, 0) is 69.0 Å². The number of nitrogens with zero attached hydrogens (tertiary/aromatic N) is 2.